The molecule has 0 spiro atoms. The van der Waals surface area contributed by atoms with E-state index in [1.807, 2.05) is 18.2 Å². The molecule has 0 aliphatic rings. The number of anilines is 2. The number of amides is 2. The highest BCUT2D eigenvalue weighted by molar-refractivity contribution is 7.80. The van der Waals surface area contributed by atoms with Crippen LogP contribution in [0, 0.1) is 0 Å². The first kappa shape index (κ1) is 18.4. The second-order valence-electron chi connectivity index (χ2n) is 5.65. The lowest BCUT2D eigenvalue weighted by Gasteiger charge is -2.13. The third-order valence-electron chi connectivity index (χ3n) is 3.65. The van der Waals surface area contributed by atoms with Crippen molar-refractivity contribution in [1.29, 1.82) is 0 Å². The van der Waals surface area contributed by atoms with Crippen molar-refractivity contribution in [3.05, 3.63) is 54.3 Å². The quantitative estimate of drug-likeness (QED) is 0.597. The molecule has 138 valence electrons. The van der Waals surface area contributed by atoms with Crippen molar-refractivity contribution in [2.24, 2.45) is 0 Å². The average molecular weight is 383 g/mol. The number of para-hydroxylation sites is 1. The van der Waals surface area contributed by atoms with E-state index < -0.39 is 0 Å². The van der Waals surface area contributed by atoms with E-state index in [0.29, 0.717) is 22.7 Å². The Labute approximate surface area is 160 Å². The minimum absolute atomic E-state index is 0.170. The number of thiocarbonyl (C=S) groups is 1. The Morgan fingerprint density at radius 2 is 1.85 bits per heavy atom. The lowest BCUT2D eigenvalue weighted by molar-refractivity contribution is -0.117. The molecule has 8 heteroatoms. The molecule has 0 bridgehead atoms. The summed E-state index contributed by atoms with van der Waals surface area (Å²) in [5, 5.41) is 9.12. The summed E-state index contributed by atoms with van der Waals surface area (Å²) in [6.07, 6.45) is 0. The third-order valence-corrected chi connectivity index (χ3v) is 3.85. The first-order valence-corrected chi connectivity index (χ1v) is 8.43. The van der Waals surface area contributed by atoms with Crippen LogP contribution in [0.4, 0.5) is 11.4 Å². The second kappa shape index (κ2) is 7.88. The molecule has 0 radical (unpaired) electrons. The monoisotopic (exact) mass is 383 g/mol. The molecule has 2 amide bonds. The molecule has 2 aromatic carbocycles. The number of carbonyl (C=O) groups is 2. The topological polar surface area (TPSA) is 92.6 Å². The molecule has 0 aliphatic carbocycles. The molecule has 1 heterocycles. The number of nitrogens with one attached hydrogen (secondary N) is 3. The van der Waals surface area contributed by atoms with Gasteiger partial charge in [0.15, 0.2) is 10.9 Å². The molecule has 27 heavy (non-hydrogen) atoms. The van der Waals surface area contributed by atoms with Crippen molar-refractivity contribution in [2.75, 3.05) is 17.7 Å². The standard InChI is InChI=1S/C19H17N3O4S/c1-11(23)20-19(27)21-13-7-8-14(16(10-13)25-2)22-18(24)17-9-12-5-3-4-6-15(12)26-17/h3-10H,1-2H3,(H,22,24)(H2,20,21,23,27). The number of furan rings is 1. The van der Waals surface area contributed by atoms with Gasteiger partial charge in [-0.3, -0.25) is 9.59 Å². The van der Waals surface area contributed by atoms with Crippen LogP contribution in [0.15, 0.2) is 52.9 Å². The van der Waals surface area contributed by atoms with Crippen LogP contribution in [-0.4, -0.2) is 24.0 Å². The van der Waals surface area contributed by atoms with Gasteiger partial charge in [-0.05, 0) is 36.5 Å². The number of carbonyl (C=O) groups excluding carboxylic acids is 2. The van der Waals surface area contributed by atoms with Gasteiger partial charge in [0.25, 0.3) is 5.91 Å². The Balaban J connectivity index is 1.76. The first-order chi connectivity index (χ1) is 13.0. The molecule has 0 atom stereocenters. The lowest BCUT2D eigenvalue weighted by atomic mass is 10.2. The van der Waals surface area contributed by atoms with E-state index in [1.54, 1.807) is 30.3 Å². The fourth-order valence-corrected chi connectivity index (χ4v) is 2.73. The maximum Gasteiger partial charge on any atom is 0.291 e. The van der Waals surface area contributed by atoms with Crippen LogP contribution in [0.3, 0.4) is 0 Å². The van der Waals surface area contributed by atoms with Gasteiger partial charge in [0.1, 0.15) is 11.3 Å². The highest BCUT2D eigenvalue weighted by Gasteiger charge is 2.15. The van der Waals surface area contributed by atoms with E-state index in [4.69, 9.17) is 21.4 Å². The van der Waals surface area contributed by atoms with E-state index in [1.165, 1.54) is 14.0 Å². The lowest BCUT2D eigenvalue weighted by Crippen LogP contribution is -2.32. The van der Waals surface area contributed by atoms with Crippen molar-refractivity contribution in [3.8, 4) is 5.75 Å². The number of ether oxygens (including phenoxy) is 1. The minimum atomic E-state index is -0.390. The van der Waals surface area contributed by atoms with Gasteiger partial charge in [0.2, 0.25) is 5.91 Å². The van der Waals surface area contributed by atoms with E-state index in [0.717, 1.165) is 5.39 Å². The smallest absolute Gasteiger partial charge is 0.291 e. The molecule has 0 aliphatic heterocycles. The molecule has 0 fully saturated rings. The molecule has 7 nitrogen and oxygen atoms in total. The normalized spacial score (nSPS) is 10.3. The van der Waals surface area contributed by atoms with Crippen LogP contribution in [0.25, 0.3) is 11.0 Å². The summed E-state index contributed by atoms with van der Waals surface area (Å²) in [5.41, 5.74) is 1.71. The van der Waals surface area contributed by atoms with Crippen molar-refractivity contribution in [1.82, 2.24) is 5.32 Å². The van der Waals surface area contributed by atoms with Gasteiger partial charge in [-0.2, -0.15) is 0 Å². The van der Waals surface area contributed by atoms with Crippen LogP contribution in [0.2, 0.25) is 0 Å². The largest absolute Gasteiger partial charge is 0.494 e. The number of rotatable bonds is 4. The predicted octanol–water partition coefficient (Wildman–Crippen LogP) is 3.53. The number of hydrogen-bond acceptors (Lipinski definition) is 5. The summed E-state index contributed by atoms with van der Waals surface area (Å²) in [5.74, 6) is -0.0319. The fourth-order valence-electron chi connectivity index (χ4n) is 2.47. The summed E-state index contributed by atoms with van der Waals surface area (Å²) in [6, 6.07) is 14.1. The van der Waals surface area contributed by atoms with Crippen molar-refractivity contribution in [2.45, 2.75) is 6.92 Å². The van der Waals surface area contributed by atoms with Gasteiger partial charge in [0.05, 0.1) is 12.8 Å². The zero-order valence-corrected chi connectivity index (χ0v) is 15.5. The maximum absolute atomic E-state index is 12.5. The molecule has 0 saturated heterocycles. The molecule has 3 rings (SSSR count). The first-order valence-electron chi connectivity index (χ1n) is 8.03. The molecule has 3 aromatic rings. The molecule has 0 unspecified atom stereocenters. The van der Waals surface area contributed by atoms with Gasteiger partial charge >= 0.3 is 0 Å². The number of methoxy groups -OCH3 is 1. The fraction of sp³-hybridized carbons (Fsp3) is 0.105. The van der Waals surface area contributed by atoms with Gasteiger partial charge < -0.3 is 25.1 Å². The molecule has 3 N–H and O–H groups in total. The zero-order valence-electron chi connectivity index (χ0n) is 14.7. The van der Waals surface area contributed by atoms with Crippen LogP contribution in [0.1, 0.15) is 17.5 Å². The summed E-state index contributed by atoms with van der Waals surface area (Å²) >= 11 is 5.02. The van der Waals surface area contributed by atoms with Crippen molar-refractivity contribution in [3.63, 3.8) is 0 Å². The maximum atomic E-state index is 12.5. The van der Waals surface area contributed by atoms with E-state index in [2.05, 4.69) is 16.0 Å². The number of hydrogen-bond donors (Lipinski definition) is 3. The summed E-state index contributed by atoms with van der Waals surface area (Å²) in [6.45, 7) is 1.37. The van der Waals surface area contributed by atoms with Gasteiger partial charge in [0, 0.05) is 24.1 Å². The summed E-state index contributed by atoms with van der Waals surface area (Å²) < 4.78 is 10.9. The minimum Gasteiger partial charge on any atom is -0.494 e. The summed E-state index contributed by atoms with van der Waals surface area (Å²) in [7, 11) is 1.49. The molecule has 0 saturated carbocycles. The van der Waals surface area contributed by atoms with Crippen molar-refractivity contribution >= 4 is 51.5 Å². The Kier molecular flexibility index (Phi) is 5.37. The van der Waals surface area contributed by atoms with Crippen LogP contribution < -0.4 is 20.7 Å². The zero-order chi connectivity index (χ0) is 19.4. The Bertz CT molecular complexity index is 996. The van der Waals surface area contributed by atoms with Gasteiger partial charge in [-0.1, -0.05) is 18.2 Å². The second-order valence-corrected chi connectivity index (χ2v) is 6.06. The Hall–Kier alpha value is -3.39. The third kappa shape index (κ3) is 4.42. The van der Waals surface area contributed by atoms with Crippen LogP contribution in [-0.2, 0) is 4.79 Å². The van der Waals surface area contributed by atoms with E-state index in [9.17, 15) is 9.59 Å². The molecular formula is C19H17N3O4S. The van der Waals surface area contributed by atoms with Crippen molar-refractivity contribution < 1.29 is 18.7 Å². The molecular weight excluding hydrogens is 366 g/mol. The van der Waals surface area contributed by atoms with Gasteiger partial charge in [-0.25, -0.2) is 0 Å². The van der Waals surface area contributed by atoms with Gasteiger partial charge in [-0.15, -0.1) is 0 Å². The highest BCUT2D eigenvalue weighted by Crippen LogP contribution is 2.29. The SMILES string of the molecule is COc1cc(NC(=S)NC(C)=O)ccc1NC(=O)c1cc2ccccc2o1. The predicted molar refractivity (Wildman–Crippen MR) is 107 cm³/mol. The van der Waals surface area contributed by atoms with E-state index >= 15 is 0 Å². The highest BCUT2D eigenvalue weighted by atomic mass is 32.1. The Morgan fingerprint density at radius 1 is 1.07 bits per heavy atom. The molecule has 1 aromatic heterocycles. The van der Waals surface area contributed by atoms with E-state index in [-0.39, 0.29) is 22.7 Å². The average Bonchev–Trinajstić information content (AvgIpc) is 3.06. The number of benzene rings is 2. The van der Waals surface area contributed by atoms with Crippen LogP contribution in [0.5, 0.6) is 5.75 Å². The Morgan fingerprint density at radius 3 is 2.56 bits per heavy atom. The number of fused-ring (bicyclic) bond motifs is 1. The summed E-state index contributed by atoms with van der Waals surface area (Å²) in [4.78, 5) is 23.5. The van der Waals surface area contributed by atoms with Crippen LogP contribution >= 0.6 is 12.2 Å².